The minimum Gasteiger partial charge on any atom is -0.399 e. The first-order chi connectivity index (χ1) is 8.63. The van der Waals surface area contributed by atoms with Gasteiger partial charge in [-0.25, -0.2) is 4.98 Å². The smallest absolute Gasteiger partial charge is 0.124 e. The number of nitrogen functional groups attached to an aromatic ring is 1. The Balaban J connectivity index is 2.16. The second-order valence-corrected chi connectivity index (χ2v) is 5.58. The maximum absolute atomic E-state index is 5.70. The standard InChI is InChI=1S/C15H14N2S/c1-9-7-13-14(8-10(9)2)18-15(17-13)11-3-5-12(16)6-4-11/h3-8H,16H2,1-2H3. The van der Waals surface area contributed by atoms with Crippen LogP contribution in [0.1, 0.15) is 11.1 Å². The number of aryl methyl sites for hydroxylation is 2. The van der Waals surface area contributed by atoms with Crippen molar-refractivity contribution in [3.63, 3.8) is 0 Å². The SMILES string of the molecule is Cc1cc2nc(-c3ccc(N)cc3)sc2cc1C. The Hall–Kier alpha value is -1.87. The third-order valence-corrected chi connectivity index (χ3v) is 4.23. The third-order valence-electron chi connectivity index (χ3n) is 3.16. The van der Waals surface area contributed by atoms with Crippen LogP contribution in [0.3, 0.4) is 0 Å². The maximum Gasteiger partial charge on any atom is 0.124 e. The zero-order chi connectivity index (χ0) is 12.7. The Morgan fingerprint density at radius 1 is 1.00 bits per heavy atom. The lowest BCUT2D eigenvalue weighted by molar-refractivity contribution is 1.35. The average Bonchev–Trinajstić information content (AvgIpc) is 2.73. The molecular formula is C15H14N2S. The largest absolute Gasteiger partial charge is 0.399 e. The van der Waals surface area contributed by atoms with Crippen LogP contribution < -0.4 is 5.73 Å². The molecule has 2 N–H and O–H groups in total. The maximum atomic E-state index is 5.70. The second-order valence-electron chi connectivity index (χ2n) is 4.55. The molecule has 0 saturated carbocycles. The lowest BCUT2D eigenvalue weighted by Crippen LogP contribution is -1.83. The summed E-state index contributed by atoms with van der Waals surface area (Å²) in [5.74, 6) is 0. The van der Waals surface area contributed by atoms with Gasteiger partial charge >= 0.3 is 0 Å². The fourth-order valence-corrected chi connectivity index (χ4v) is 2.98. The van der Waals surface area contributed by atoms with Gasteiger partial charge < -0.3 is 5.73 Å². The van der Waals surface area contributed by atoms with E-state index in [0.29, 0.717) is 0 Å². The Morgan fingerprint density at radius 3 is 2.39 bits per heavy atom. The van der Waals surface area contributed by atoms with E-state index < -0.39 is 0 Å². The van der Waals surface area contributed by atoms with Crippen molar-refractivity contribution in [3.8, 4) is 10.6 Å². The molecule has 3 rings (SSSR count). The van der Waals surface area contributed by atoms with Crippen molar-refractivity contribution in [2.24, 2.45) is 0 Å². The van der Waals surface area contributed by atoms with Crippen LogP contribution in [-0.2, 0) is 0 Å². The molecule has 0 saturated heterocycles. The summed E-state index contributed by atoms with van der Waals surface area (Å²) in [6, 6.07) is 12.2. The van der Waals surface area contributed by atoms with Crippen molar-refractivity contribution in [2.75, 3.05) is 5.73 Å². The number of benzene rings is 2. The summed E-state index contributed by atoms with van der Waals surface area (Å²) in [6.07, 6.45) is 0. The van der Waals surface area contributed by atoms with Crippen molar-refractivity contribution in [2.45, 2.75) is 13.8 Å². The lowest BCUT2D eigenvalue weighted by atomic mass is 10.1. The van der Waals surface area contributed by atoms with Crippen LogP contribution in [0.25, 0.3) is 20.8 Å². The predicted octanol–water partition coefficient (Wildman–Crippen LogP) is 4.16. The number of hydrogen-bond donors (Lipinski definition) is 1. The molecule has 2 nitrogen and oxygen atoms in total. The number of anilines is 1. The molecule has 0 amide bonds. The van der Waals surface area contributed by atoms with Crippen LogP contribution in [0, 0.1) is 13.8 Å². The predicted molar refractivity (Wildman–Crippen MR) is 78.9 cm³/mol. The van der Waals surface area contributed by atoms with Gasteiger partial charge in [-0.1, -0.05) is 0 Å². The van der Waals surface area contributed by atoms with Crippen LogP contribution in [0.4, 0.5) is 5.69 Å². The Labute approximate surface area is 110 Å². The first-order valence-electron chi connectivity index (χ1n) is 5.87. The highest BCUT2D eigenvalue weighted by molar-refractivity contribution is 7.21. The van der Waals surface area contributed by atoms with Crippen molar-refractivity contribution in [1.29, 1.82) is 0 Å². The summed E-state index contributed by atoms with van der Waals surface area (Å²) in [6.45, 7) is 4.26. The van der Waals surface area contributed by atoms with Gasteiger partial charge in [0.05, 0.1) is 10.2 Å². The van der Waals surface area contributed by atoms with E-state index in [4.69, 9.17) is 10.7 Å². The van der Waals surface area contributed by atoms with E-state index in [1.807, 2.05) is 24.3 Å². The Morgan fingerprint density at radius 2 is 1.67 bits per heavy atom. The fourth-order valence-electron chi connectivity index (χ4n) is 1.93. The molecule has 0 atom stereocenters. The van der Waals surface area contributed by atoms with Gasteiger partial charge in [-0.05, 0) is 61.4 Å². The molecule has 3 heteroatoms. The molecule has 0 aliphatic rings. The highest BCUT2D eigenvalue weighted by Crippen LogP contribution is 2.31. The number of hydrogen-bond acceptors (Lipinski definition) is 3. The van der Waals surface area contributed by atoms with Crippen molar-refractivity contribution in [3.05, 3.63) is 47.5 Å². The van der Waals surface area contributed by atoms with Gasteiger partial charge in [0.1, 0.15) is 5.01 Å². The minimum absolute atomic E-state index is 0.784. The Kier molecular flexibility index (Phi) is 2.56. The van der Waals surface area contributed by atoms with Gasteiger partial charge in [0.25, 0.3) is 0 Å². The van der Waals surface area contributed by atoms with E-state index in [0.717, 1.165) is 21.8 Å². The summed E-state index contributed by atoms with van der Waals surface area (Å²) in [7, 11) is 0. The van der Waals surface area contributed by atoms with Gasteiger partial charge in [-0.2, -0.15) is 0 Å². The van der Waals surface area contributed by atoms with Crippen LogP contribution in [-0.4, -0.2) is 4.98 Å². The topological polar surface area (TPSA) is 38.9 Å². The van der Waals surface area contributed by atoms with Crippen molar-refractivity contribution in [1.82, 2.24) is 4.98 Å². The van der Waals surface area contributed by atoms with E-state index in [-0.39, 0.29) is 0 Å². The molecule has 0 bridgehead atoms. The molecule has 0 aliphatic heterocycles. The molecular weight excluding hydrogens is 240 g/mol. The van der Waals surface area contributed by atoms with E-state index in [1.165, 1.54) is 15.8 Å². The van der Waals surface area contributed by atoms with Gasteiger partial charge in [-0.15, -0.1) is 11.3 Å². The molecule has 18 heavy (non-hydrogen) atoms. The number of rotatable bonds is 1. The van der Waals surface area contributed by atoms with Crippen LogP contribution in [0.2, 0.25) is 0 Å². The molecule has 0 radical (unpaired) electrons. The summed E-state index contributed by atoms with van der Waals surface area (Å²) >= 11 is 1.73. The van der Waals surface area contributed by atoms with E-state index >= 15 is 0 Å². The molecule has 1 aromatic heterocycles. The lowest BCUT2D eigenvalue weighted by Gasteiger charge is -1.97. The zero-order valence-electron chi connectivity index (χ0n) is 10.4. The van der Waals surface area contributed by atoms with Crippen LogP contribution in [0.15, 0.2) is 36.4 Å². The first kappa shape index (κ1) is 11.2. The average molecular weight is 254 g/mol. The molecule has 0 unspecified atom stereocenters. The quantitative estimate of drug-likeness (QED) is 0.662. The molecule has 1 heterocycles. The number of nitrogens with two attached hydrogens (primary N) is 1. The number of fused-ring (bicyclic) bond motifs is 1. The highest BCUT2D eigenvalue weighted by atomic mass is 32.1. The zero-order valence-corrected chi connectivity index (χ0v) is 11.2. The molecule has 0 aliphatic carbocycles. The second kappa shape index (κ2) is 4.10. The van der Waals surface area contributed by atoms with Gasteiger partial charge in [0, 0.05) is 11.3 Å². The number of thiazole rings is 1. The summed E-state index contributed by atoms with van der Waals surface area (Å²) in [5, 5.41) is 1.05. The summed E-state index contributed by atoms with van der Waals surface area (Å²) in [5.41, 5.74) is 11.3. The number of nitrogens with zero attached hydrogens (tertiary/aromatic N) is 1. The van der Waals surface area contributed by atoms with Crippen LogP contribution in [0.5, 0.6) is 0 Å². The fraction of sp³-hybridized carbons (Fsp3) is 0.133. The van der Waals surface area contributed by atoms with Gasteiger partial charge in [-0.3, -0.25) is 0 Å². The van der Waals surface area contributed by atoms with E-state index in [9.17, 15) is 0 Å². The molecule has 0 spiro atoms. The molecule has 3 aromatic rings. The van der Waals surface area contributed by atoms with Gasteiger partial charge in [0.2, 0.25) is 0 Å². The first-order valence-corrected chi connectivity index (χ1v) is 6.69. The monoisotopic (exact) mass is 254 g/mol. The Bertz CT molecular complexity index is 672. The van der Waals surface area contributed by atoms with Crippen molar-refractivity contribution >= 4 is 27.2 Å². The van der Waals surface area contributed by atoms with E-state index in [1.54, 1.807) is 11.3 Å². The molecule has 0 fully saturated rings. The number of aromatic nitrogens is 1. The summed E-state index contributed by atoms with van der Waals surface area (Å²) < 4.78 is 1.24. The van der Waals surface area contributed by atoms with E-state index in [2.05, 4.69) is 26.0 Å². The normalized spacial score (nSPS) is 11.0. The van der Waals surface area contributed by atoms with Crippen molar-refractivity contribution < 1.29 is 0 Å². The van der Waals surface area contributed by atoms with Crippen LogP contribution >= 0.6 is 11.3 Å². The highest BCUT2D eigenvalue weighted by Gasteiger charge is 2.07. The molecule has 2 aromatic carbocycles. The third kappa shape index (κ3) is 1.87. The molecule has 90 valence electrons. The van der Waals surface area contributed by atoms with Gasteiger partial charge in [0.15, 0.2) is 0 Å². The minimum atomic E-state index is 0.784. The summed E-state index contributed by atoms with van der Waals surface area (Å²) in [4.78, 5) is 4.69.